The van der Waals surface area contributed by atoms with Crippen molar-refractivity contribution < 1.29 is 9.84 Å². The van der Waals surface area contributed by atoms with Crippen molar-refractivity contribution in [2.45, 2.75) is 25.4 Å². The van der Waals surface area contributed by atoms with Crippen molar-refractivity contribution >= 4 is 11.5 Å². The van der Waals surface area contributed by atoms with E-state index < -0.39 is 5.60 Å². The maximum atomic E-state index is 10.1. The molecule has 1 saturated heterocycles. The van der Waals surface area contributed by atoms with Crippen LogP contribution in [0, 0.1) is 0 Å². The number of rotatable bonds is 2. The van der Waals surface area contributed by atoms with E-state index in [9.17, 15) is 5.11 Å². The number of piperidine rings is 1. The number of β-amino-alcohol motifs (C(OH)–C–C–N with tert-alkyl or cyclic N) is 1. The smallest absolute Gasteiger partial charge is 0.238 e. The second kappa shape index (κ2) is 4.41. The maximum absolute atomic E-state index is 10.1. The lowest BCUT2D eigenvalue weighted by atomic mass is 9.95. The number of nitrogens with two attached hydrogens (primary N) is 1. The maximum Gasteiger partial charge on any atom is 0.238 e. The number of nitrogens with zero attached hydrogens (tertiary/aromatic N) is 2. The molecule has 5 heteroatoms. The third-order valence-electron chi connectivity index (χ3n) is 3.07. The van der Waals surface area contributed by atoms with Gasteiger partial charge in [0, 0.05) is 13.1 Å². The zero-order valence-corrected chi connectivity index (χ0v) is 10.3. The van der Waals surface area contributed by atoms with Crippen molar-refractivity contribution in [3.63, 3.8) is 0 Å². The van der Waals surface area contributed by atoms with E-state index >= 15 is 0 Å². The Kier molecular flexibility index (Phi) is 3.11. The van der Waals surface area contributed by atoms with Crippen LogP contribution in [-0.2, 0) is 0 Å². The van der Waals surface area contributed by atoms with Gasteiger partial charge in [-0.1, -0.05) is 0 Å². The number of aromatic nitrogens is 1. The predicted octanol–water partition coefficient (Wildman–Crippen LogP) is 1.02. The Morgan fingerprint density at radius 1 is 1.53 bits per heavy atom. The SMILES string of the molecule is COc1nc(N2CCCC(C)(O)C2)ccc1N. The molecule has 3 N–H and O–H groups in total. The highest BCUT2D eigenvalue weighted by Gasteiger charge is 2.29. The van der Waals surface area contributed by atoms with Gasteiger partial charge in [-0.05, 0) is 31.9 Å². The third-order valence-corrected chi connectivity index (χ3v) is 3.07. The molecular weight excluding hydrogens is 218 g/mol. The molecule has 1 fully saturated rings. The fraction of sp³-hybridized carbons (Fsp3) is 0.583. The molecule has 0 amide bonds. The zero-order chi connectivity index (χ0) is 12.5. The Labute approximate surface area is 101 Å². The van der Waals surface area contributed by atoms with E-state index in [2.05, 4.69) is 9.88 Å². The van der Waals surface area contributed by atoms with Gasteiger partial charge in [0.1, 0.15) is 5.82 Å². The largest absolute Gasteiger partial charge is 0.479 e. The summed E-state index contributed by atoms with van der Waals surface area (Å²) in [4.78, 5) is 6.41. The van der Waals surface area contributed by atoms with Crippen LogP contribution in [0.5, 0.6) is 5.88 Å². The van der Waals surface area contributed by atoms with Gasteiger partial charge in [0.25, 0.3) is 0 Å². The van der Waals surface area contributed by atoms with Crippen LogP contribution in [0.2, 0.25) is 0 Å². The lowest BCUT2D eigenvalue weighted by Gasteiger charge is -2.37. The summed E-state index contributed by atoms with van der Waals surface area (Å²) in [7, 11) is 1.55. The second-order valence-electron chi connectivity index (χ2n) is 4.79. The summed E-state index contributed by atoms with van der Waals surface area (Å²) in [6, 6.07) is 3.64. The molecule has 1 unspecified atom stereocenters. The van der Waals surface area contributed by atoms with Crippen molar-refractivity contribution in [2.24, 2.45) is 0 Å². The fourth-order valence-corrected chi connectivity index (χ4v) is 2.20. The molecule has 1 aromatic heterocycles. The minimum Gasteiger partial charge on any atom is -0.479 e. The molecule has 1 atom stereocenters. The van der Waals surface area contributed by atoms with Crippen LogP contribution in [0.1, 0.15) is 19.8 Å². The molecule has 2 rings (SSSR count). The van der Waals surface area contributed by atoms with E-state index in [1.807, 2.05) is 13.0 Å². The molecule has 0 bridgehead atoms. The number of anilines is 2. The van der Waals surface area contributed by atoms with E-state index in [0.717, 1.165) is 25.2 Å². The molecule has 0 aliphatic carbocycles. The van der Waals surface area contributed by atoms with Crippen LogP contribution in [-0.4, -0.2) is 35.9 Å². The Hall–Kier alpha value is -1.49. The third kappa shape index (κ3) is 2.61. The first kappa shape index (κ1) is 12.0. The highest BCUT2D eigenvalue weighted by Crippen LogP contribution is 2.27. The van der Waals surface area contributed by atoms with E-state index in [0.29, 0.717) is 18.1 Å². The van der Waals surface area contributed by atoms with Crippen LogP contribution in [0.4, 0.5) is 11.5 Å². The van der Waals surface area contributed by atoms with Crippen molar-refractivity contribution in [3.05, 3.63) is 12.1 Å². The van der Waals surface area contributed by atoms with E-state index in [1.165, 1.54) is 0 Å². The molecule has 5 nitrogen and oxygen atoms in total. The number of methoxy groups -OCH3 is 1. The first-order valence-corrected chi connectivity index (χ1v) is 5.80. The average Bonchev–Trinajstić information content (AvgIpc) is 2.28. The summed E-state index contributed by atoms with van der Waals surface area (Å²) in [5.41, 5.74) is 5.61. The Morgan fingerprint density at radius 3 is 2.94 bits per heavy atom. The summed E-state index contributed by atoms with van der Waals surface area (Å²) in [5, 5.41) is 10.1. The Morgan fingerprint density at radius 2 is 2.29 bits per heavy atom. The molecule has 1 aliphatic heterocycles. The normalized spacial score (nSPS) is 24.8. The lowest BCUT2D eigenvalue weighted by molar-refractivity contribution is 0.0447. The summed E-state index contributed by atoms with van der Waals surface area (Å²) in [6.45, 7) is 3.34. The van der Waals surface area contributed by atoms with Crippen molar-refractivity contribution in [1.82, 2.24) is 4.98 Å². The van der Waals surface area contributed by atoms with E-state index in [1.54, 1.807) is 13.2 Å². The number of hydrogen-bond donors (Lipinski definition) is 2. The van der Waals surface area contributed by atoms with Crippen molar-refractivity contribution in [1.29, 1.82) is 0 Å². The predicted molar refractivity (Wildman–Crippen MR) is 67.3 cm³/mol. The fourth-order valence-electron chi connectivity index (χ4n) is 2.20. The van der Waals surface area contributed by atoms with Crippen molar-refractivity contribution in [3.8, 4) is 5.88 Å². The number of pyridine rings is 1. The molecule has 0 radical (unpaired) electrons. The number of aliphatic hydroxyl groups is 1. The number of ether oxygens (including phenoxy) is 1. The summed E-state index contributed by atoms with van der Waals surface area (Å²) < 4.78 is 5.10. The molecule has 0 aromatic carbocycles. The molecule has 2 heterocycles. The minimum atomic E-state index is -0.644. The molecule has 0 spiro atoms. The molecule has 94 valence electrons. The van der Waals surface area contributed by atoms with Crippen LogP contribution >= 0.6 is 0 Å². The van der Waals surface area contributed by atoms with Gasteiger partial charge in [-0.3, -0.25) is 0 Å². The summed E-state index contributed by atoms with van der Waals surface area (Å²) >= 11 is 0. The Balaban J connectivity index is 2.22. The van der Waals surface area contributed by atoms with Gasteiger partial charge in [0.05, 0.1) is 18.4 Å². The summed E-state index contributed by atoms with van der Waals surface area (Å²) in [5.74, 6) is 1.24. The monoisotopic (exact) mass is 237 g/mol. The van der Waals surface area contributed by atoms with Gasteiger partial charge < -0.3 is 20.5 Å². The van der Waals surface area contributed by atoms with Crippen LogP contribution in [0.25, 0.3) is 0 Å². The number of nitrogen functional groups attached to an aromatic ring is 1. The zero-order valence-electron chi connectivity index (χ0n) is 10.3. The van der Waals surface area contributed by atoms with Gasteiger partial charge in [0.15, 0.2) is 0 Å². The van der Waals surface area contributed by atoms with Crippen molar-refractivity contribution in [2.75, 3.05) is 30.8 Å². The molecule has 0 saturated carbocycles. The molecular formula is C12H19N3O2. The van der Waals surface area contributed by atoms with Crippen LogP contribution < -0.4 is 15.4 Å². The van der Waals surface area contributed by atoms with E-state index in [-0.39, 0.29) is 0 Å². The minimum absolute atomic E-state index is 0.438. The quantitative estimate of drug-likeness (QED) is 0.803. The van der Waals surface area contributed by atoms with Gasteiger partial charge in [-0.25, -0.2) is 0 Å². The number of hydrogen-bond acceptors (Lipinski definition) is 5. The second-order valence-corrected chi connectivity index (χ2v) is 4.79. The van der Waals surface area contributed by atoms with E-state index in [4.69, 9.17) is 10.5 Å². The Bertz CT molecular complexity index is 407. The highest BCUT2D eigenvalue weighted by molar-refractivity contribution is 5.54. The standard InChI is InChI=1S/C12H19N3O2/c1-12(16)6-3-7-15(8-12)10-5-4-9(13)11(14-10)17-2/h4-5,16H,3,6-8,13H2,1-2H3. The molecule has 1 aromatic rings. The van der Waals surface area contributed by atoms with Crippen LogP contribution in [0.15, 0.2) is 12.1 Å². The topological polar surface area (TPSA) is 71.6 Å². The molecule has 17 heavy (non-hydrogen) atoms. The first-order valence-electron chi connectivity index (χ1n) is 5.80. The highest BCUT2D eigenvalue weighted by atomic mass is 16.5. The first-order chi connectivity index (χ1) is 8.02. The summed E-state index contributed by atoms with van der Waals surface area (Å²) in [6.07, 6.45) is 1.79. The van der Waals surface area contributed by atoms with Gasteiger partial charge in [-0.2, -0.15) is 4.98 Å². The van der Waals surface area contributed by atoms with Gasteiger partial charge in [0.2, 0.25) is 5.88 Å². The molecule has 1 aliphatic rings. The average molecular weight is 237 g/mol. The lowest BCUT2D eigenvalue weighted by Crippen LogP contribution is -2.46. The van der Waals surface area contributed by atoms with Crippen LogP contribution in [0.3, 0.4) is 0 Å². The van der Waals surface area contributed by atoms with Gasteiger partial charge in [-0.15, -0.1) is 0 Å². The van der Waals surface area contributed by atoms with Gasteiger partial charge >= 0.3 is 0 Å².